The summed E-state index contributed by atoms with van der Waals surface area (Å²) in [6.07, 6.45) is 1.85. The van der Waals surface area contributed by atoms with E-state index in [9.17, 15) is 4.39 Å². The number of hydrogen-bond donors (Lipinski definition) is 1. The molecule has 2 N–H and O–H groups in total. The number of rotatable bonds is 3. The molecule has 1 atom stereocenters. The molecule has 2 heterocycles. The molecule has 0 bridgehead atoms. The third kappa shape index (κ3) is 2.39. The van der Waals surface area contributed by atoms with Crippen molar-refractivity contribution in [2.75, 3.05) is 0 Å². The van der Waals surface area contributed by atoms with Gasteiger partial charge >= 0.3 is 0 Å². The Hall–Kier alpha value is -1.92. The number of pyridine rings is 1. The fraction of sp³-hybridized carbons (Fsp3) is 0.143. The number of fused-ring (bicyclic) bond motifs is 1. The highest BCUT2D eigenvalue weighted by Crippen LogP contribution is 2.30. The minimum atomic E-state index is -0.294. The van der Waals surface area contributed by atoms with Gasteiger partial charge in [0.1, 0.15) is 5.82 Å². The molecular weight excluding hydrogens is 275 g/mol. The summed E-state index contributed by atoms with van der Waals surface area (Å²) in [5.74, 6) is -0.294. The number of nitrogens with two attached hydrogens (primary N) is 1. The van der Waals surface area contributed by atoms with Crippen molar-refractivity contribution in [2.24, 2.45) is 5.73 Å². The van der Waals surface area contributed by atoms with Gasteiger partial charge < -0.3 is 5.73 Å². The van der Waals surface area contributed by atoms with E-state index in [1.807, 2.05) is 41.8 Å². The van der Waals surface area contributed by atoms with Crippen molar-refractivity contribution in [2.45, 2.75) is 23.0 Å². The zero-order valence-electron chi connectivity index (χ0n) is 10.8. The standard InChI is InChI=1S/C14H13FN4S/c1-9(16)10-5-6-12(11(15)8-10)20-14-18-17-13-4-2-3-7-19(13)14/h2-9H,16H2,1H3/t9-/m1/s1. The number of aromatic nitrogens is 3. The lowest BCUT2D eigenvalue weighted by atomic mass is 10.1. The van der Waals surface area contributed by atoms with Crippen LogP contribution in [0.15, 0.2) is 52.6 Å². The van der Waals surface area contributed by atoms with E-state index in [0.717, 1.165) is 11.2 Å². The normalized spacial score (nSPS) is 12.8. The molecule has 6 heteroatoms. The second kappa shape index (κ2) is 5.22. The van der Waals surface area contributed by atoms with Crippen LogP contribution in [0.1, 0.15) is 18.5 Å². The van der Waals surface area contributed by atoms with E-state index in [1.54, 1.807) is 6.07 Å². The maximum atomic E-state index is 14.1. The average Bonchev–Trinajstić information content (AvgIpc) is 2.84. The lowest BCUT2D eigenvalue weighted by Gasteiger charge is -2.07. The van der Waals surface area contributed by atoms with Crippen LogP contribution in [-0.2, 0) is 0 Å². The topological polar surface area (TPSA) is 56.2 Å². The van der Waals surface area contributed by atoms with Crippen LogP contribution in [-0.4, -0.2) is 14.6 Å². The zero-order chi connectivity index (χ0) is 14.1. The molecule has 0 spiro atoms. The SMILES string of the molecule is C[C@@H](N)c1ccc(Sc2nnc3ccccn23)c(F)c1. The Morgan fingerprint density at radius 2 is 2.10 bits per heavy atom. The molecule has 0 aliphatic rings. The fourth-order valence-electron chi connectivity index (χ4n) is 1.87. The smallest absolute Gasteiger partial charge is 0.200 e. The Labute approximate surface area is 119 Å². The molecule has 0 unspecified atom stereocenters. The quantitative estimate of drug-likeness (QED) is 0.805. The van der Waals surface area contributed by atoms with Crippen LogP contribution in [0.25, 0.3) is 5.65 Å². The van der Waals surface area contributed by atoms with Gasteiger partial charge in [-0.2, -0.15) is 0 Å². The van der Waals surface area contributed by atoms with Gasteiger partial charge in [-0.25, -0.2) is 4.39 Å². The Kier molecular flexibility index (Phi) is 3.42. The Morgan fingerprint density at radius 1 is 1.25 bits per heavy atom. The Balaban J connectivity index is 1.95. The van der Waals surface area contributed by atoms with Gasteiger partial charge in [0.2, 0.25) is 5.16 Å². The molecule has 4 nitrogen and oxygen atoms in total. The monoisotopic (exact) mass is 288 g/mol. The zero-order valence-corrected chi connectivity index (χ0v) is 11.6. The van der Waals surface area contributed by atoms with Crippen LogP contribution in [0, 0.1) is 5.82 Å². The predicted octanol–water partition coefficient (Wildman–Crippen LogP) is 3.04. The number of benzene rings is 1. The number of halogens is 1. The second-order valence-corrected chi connectivity index (χ2v) is 5.50. The maximum Gasteiger partial charge on any atom is 0.200 e. The summed E-state index contributed by atoms with van der Waals surface area (Å²) in [5.41, 5.74) is 7.26. The first kappa shape index (κ1) is 13.1. The van der Waals surface area contributed by atoms with Crippen molar-refractivity contribution < 1.29 is 4.39 Å². The minimum absolute atomic E-state index is 0.183. The maximum absolute atomic E-state index is 14.1. The summed E-state index contributed by atoms with van der Waals surface area (Å²) in [6.45, 7) is 1.83. The van der Waals surface area contributed by atoms with Gasteiger partial charge in [-0.15, -0.1) is 10.2 Å². The van der Waals surface area contributed by atoms with Crippen LogP contribution in [0.5, 0.6) is 0 Å². The van der Waals surface area contributed by atoms with Crippen molar-refractivity contribution in [1.29, 1.82) is 0 Å². The van der Waals surface area contributed by atoms with Crippen LogP contribution in [0.2, 0.25) is 0 Å². The van der Waals surface area contributed by atoms with E-state index < -0.39 is 0 Å². The van der Waals surface area contributed by atoms with Crippen molar-refractivity contribution in [1.82, 2.24) is 14.6 Å². The lowest BCUT2D eigenvalue weighted by Crippen LogP contribution is -2.05. The Morgan fingerprint density at radius 3 is 2.85 bits per heavy atom. The van der Waals surface area contributed by atoms with Gasteiger partial charge in [-0.3, -0.25) is 4.40 Å². The second-order valence-electron chi connectivity index (χ2n) is 4.49. The molecular formula is C14H13FN4S. The minimum Gasteiger partial charge on any atom is -0.324 e. The molecule has 102 valence electrons. The van der Waals surface area contributed by atoms with Crippen LogP contribution in [0.3, 0.4) is 0 Å². The fourth-order valence-corrected chi connectivity index (χ4v) is 2.69. The molecule has 0 aliphatic heterocycles. The first-order valence-corrected chi connectivity index (χ1v) is 6.99. The summed E-state index contributed by atoms with van der Waals surface area (Å²) in [4.78, 5) is 0.507. The van der Waals surface area contributed by atoms with Gasteiger partial charge in [0, 0.05) is 12.2 Å². The van der Waals surface area contributed by atoms with E-state index in [0.29, 0.717) is 10.1 Å². The summed E-state index contributed by atoms with van der Waals surface area (Å²) in [6, 6.07) is 10.5. The molecule has 0 radical (unpaired) electrons. The van der Waals surface area contributed by atoms with E-state index in [1.165, 1.54) is 17.8 Å². The van der Waals surface area contributed by atoms with Crippen LogP contribution < -0.4 is 5.73 Å². The van der Waals surface area contributed by atoms with Crippen LogP contribution in [0.4, 0.5) is 4.39 Å². The first-order valence-electron chi connectivity index (χ1n) is 6.18. The van der Waals surface area contributed by atoms with Gasteiger partial charge in [0.25, 0.3) is 0 Å². The van der Waals surface area contributed by atoms with Gasteiger partial charge in [-0.1, -0.05) is 12.1 Å². The Bertz CT molecular complexity index is 754. The van der Waals surface area contributed by atoms with Crippen molar-refractivity contribution in [3.05, 3.63) is 54.0 Å². The van der Waals surface area contributed by atoms with Gasteiger partial charge in [-0.05, 0) is 48.5 Å². The highest BCUT2D eigenvalue weighted by atomic mass is 32.2. The summed E-state index contributed by atoms with van der Waals surface area (Å²) >= 11 is 1.24. The summed E-state index contributed by atoms with van der Waals surface area (Å²) in [7, 11) is 0. The van der Waals surface area contributed by atoms with Crippen molar-refractivity contribution in [3.63, 3.8) is 0 Å². The van der Waals surface area contributed by atoms with E-state index in [2.05, 4.69) is 10.2 Å². The molecule has 1 aromatic carbocycles. The predicted molar refractivity (Wildman–Crippen MR) is 76.1 cm³/mol. The summed E-state index contributed by atoms with van der Waals surface area (Å²) < 4.78 is 15.9. The van der Waals surface area contributed by atoms with E-state index >= 15 is 0 Å². The molecule has 0 fully saturated rings. The molecule has 3 rings (SSSR count). The lowest BCUT2D eigenvalue weighted by molar-refractivity contribution is 0.596. The molecule has 20 heavy (non-hydrogen) atoms. The third-order valence-corrected chi connectivity index (χ3v) is 3.98. The summed E-state index contributed by atoms with van der Waals surface area (Å²) in [5, 5.41) is 8.75. The molecule has 0 saturated heterocycles. The molecule has 2 aromatic heterocycles. The molecule has 0 aliphatic carbocycles. The third-order valence-electron chi connectivity index (χ3n) is 2.97. The highest BCUT2D eigenvalue weighted by Gasteiger charge is 2.11. The molecule has 0 saturated carbocycles. The highest BCUT2D eigenvalue weighted by molar-refractivity contribution is 7.99. The van der Waals surface area contributed by atoms with Crippen LogP contribution >= 0.6 is 11.8 Å². The molecule has 0 amide bonds. The largest absolute Gasteiger partial charge is 0.324 e. The van der Waals surface area contributed by atoms with Gasteiger partial charge in [0.15, 0.2) is 5.65 Å². The van der Waals surface area contributed by atoms with Crippen molar-refractivity contribution in [3.8, 4) is 0 Å². The molecule has 3 aromatic rings. The number of nitrogens with zero attached hydrogens (tertiary/aromatic N) is 3. The van der Waals surface area contributed by atoms with Crippen molar-refractivity contribution >= 4 is 17.4 Å². The average molecular weight is 288 g/mol. The number of hydrogen-bond acceptors (Lipinski definition) is 4. The first-order chi connectivity index (χ1) is 9.65. The van der Waals surface area contributed by atoms with Gasteiger partial charge in [0.05, 0.1) is 4.90 Å². The van der Waals surface area contributed by atoms with E-state index in [-0.39, 0.29) is 11.9 Å². The van der Waals surface area contributed by atoms with E-state index in [4.69, 9.17) is 5.73 Å².